The molecule has 0 N–H and O–H groups in total. The summed E-state index contributed by atoms with van der Waals surface area (Å²) in [6.45, 7) is 0. The quantitative estimate of drug-likeness (QED) is 0.235. The van der Waals surface area contributed by atoms with Gasteiger partial charge in [0.05, 0.1) is 17.3 Å². The summed E-state index contributed by atoms with van der Waals surface area (Å²) in [5.74, 6) is 0. The molecule has 0 unspecified atom stereocenters. The summed E-state index contributed by atoms with van der Waals surface area (Å²) in [7, 11) is 0. The van der Waals surface area contributed by atoms with Gasteiger partial charge in [0.25, 0.3) is 0 Å². The maximum Gasteiger partial charge on any atom is 0.0992 e. The Kier molecular flexibility index (Phi) is 5.20. The number of rotatable bonds is 3. The van der Waals surface area contributed by atoms with Crippen LogP contribution in [0, 0.1) is 11.3 Å². The molecule has 7 aromatic rings. The lowest BCUT2D eigenvalue weighted by Crippen LogP contribution is -1.92. The van der Waals surface area contributed by atoms with Crippen LogP contribution < -0.4 is 0 Å². The molecule has 1 heterocycles. The Labute approximate surface area is 221 Å². The van der Waals surface area contributed by atoms with Crippen molar-refractivity contribution < 1.29 is 0 Å². The van der Waals surface area contributed by atoms with Gasteiger partial charge in [-0.25, -0.2) is 0 Å². The van der Waals surface area contributed by atoms with Crippen LogP contribution in [0.1, 0.15) is 5.56 Å². The molecule has 0 amide bonds. The number of hydrogen-bond acceptors (Lipinski definition) is 2. The van der Waals surface area contributed by atoms with Gasteiger partial charge in [-0.15, -0.1) is 0 Å². The van der Waals surface area contributed by atoms with E-state index in [-0.39, 0.29) is 0 Å². The van der Waals surface area contributed by atoms with Gasteiger partial charge in [-0.05, 0) is 84.9 Å². The van der Waals surface area contributed by atoms with Gasteiger partial charge in [0.2, 0.25) is 0 Å². The molecule has 2 heteroatoms. The van der Waals surface area contributed by atoms with Crippen molar-refractivity contribution >= 4 is 32.3 Å². The average molecular weight is 483 g/mol. The molecule has 2 nitrogen and oxygen atoms in total. The molecule has 0 fully saturated rings. The molecular formula is C36H22N2. The molecule has 6 aromatic carbocycles. The number of nitriles is 1. The van der Waals surface area contributed by atoms with Crippen LogP contribution in [0.5, 0.6) is 0 Å². The zero-order chi connectivity index (χ0) is 25.5. The van der Waals surface area contributed by atoms with Crippen molar-refractivity contribution in [1.82, 2.24) is 4.98 Å². The monoisotopic (exact) mass is 482 g/mol. The van der Waals surface area contributed by atoms with E-state index in [0.29, 0.717) is 5.56 Å². The molecule has 0 aliphatic rings. The lowest BCUT2D eigenvalue weighted by molar-refractivity contribution is 1.31. The second-order valence-corrected chi connectivity index (χ2v) is 9.53. The van der Waals surface area contributed by atoms with Gasteiger partial charge in [-0.2, -0.15) is 5.26 Å². The zero-order valence-corrected chi connectivity index (χ0v) is 20.6. The Bertz CT molecular complexity index is 2030. The fourth-order valence-electron chi connectivity index (χ4n) is 5.58. The predicted molar refractivity (Wildman–Crippen MR) is 158 cm³/mol. The smallest absolute Gasteiger partial charge is 0.0992 e. The Morgan fingerprint density at radius 2 is 1.05 bits per heavy atom. The van der Waals surface area contributed by atoms with Crippen molar-refractivity contribution in [3.8, 4) is 39.6 Å². The summed E-state index contributed by atoms with van der Waals surface area (Å²) in [5, 5.41) is 16.7. The summed E-state index contributed by atoms with van der Waals surface area (Å²) in [5.41, 5.74) is 7.19. The van der Waals surface area contributed by atoms with Crippen LogP contribution in [-0.4, -0.2) is 4.98 Å². The molecule has 7 rings (SSSR count). The van der Waals surface area contributed by atoms with Gasteiger partial charge in [0.1, 0.15) is 0 Å². The minimum Gasteiger partial charge on any atom is -0.256 e. The maximum absolute atomic E-state index is 9.41. The van der Waals surface area contributed by atoms with E-state index in [4.69, 9.17) is 0 Å². The third kappa shape index (κ3) is 3.61. The van der Waals surface area contributed by atoms with Gasteiger partial charge in [0.15, 0.2) is 0 Å². The van der Waals surface area contributed by atoms with Crippen LogP contribution in [0.25, 0.3) is 65.8 Å². The van der Waals surface area contributed by atoms with Crippen LogP contribution in [0.15, 0.2) is 134 Å². The lowest BCUT2D eigenvalue weighted by atomic mass is 9.84. The molecule has 0 spiro atoms. The number of benzene rings is 6. The summed E-state index contributed by atoms with van der Waals surface area (Å²) in [4.78, 5) is 4.56. The third-order valence-corrected chi connectivity index (χ3v) is 7.29. The van der Waals surface area contributed by atoms with E-state index in [2.05, 4.69) is 126 Å². The van der Waals surface area contributed by atoms with E-state index < -0.39 is 0 Å². The minimum absolute atomic E-state index is 0.606. The van der Waals surface area contributed by atoms with Crippen molar-refractivity contribution in [3.05, 3.63) is 139 Å². The van der Waals surface area contributed by atoms with Crippen LogP contribution in [-0.2, 0) is 0 Å². The van der Waals surface area contributed by atoms with Crippen LogP contribution in [0.2, 0.25) is 0 Å². The van der Waals surface area contributed by atoms with Gasteiger partial charge < -0.3 is 0 Å². The second kappa shape index (κ2) is 9.00. The van der Waals surface area contributed by atoms with Crippen molar-refractivity contribution in [2.75, 3.05) is 0 Å². The van der Waals surface area contributed by atoms with E-state index in [1.165, 1.54) is 49.0 Å². The van der Waals surface area contributed by atoms with Gasteiger partial charge in [-0.1, -0.05) is 97.1 Å². The molecule has 0 bridgehead atoms. The van der Waals surface area contributed by atoms with Crippen LogP contribution in [0.4, 0.5) is 0 Å². The average Bonchev–Trinajstić information content (AvgIpc) is 2.99. The predicted octanol–water partition coefficient (Wildman–Crippen LogP) is 9.41. The largest absolute Gasteiger partial charge is 0.256 e. The number of fused-ring (bicyclic) bond motifs is 3. The van der Waals surface area contributed by atoms with E-state index in [1.54, 1.807) is 12.3 Å². The molecule has 176 valence electrons. The molecule has 0 saturated heterocycles. The Balaban J connectivity index is 1.61. The van der Waals surface area contributed by atoms with Crippen molar-refractivity contribution in [3.63, 3.8) is 0 Å². The van der Waals surface area contributed by atoms with Crippen molar-refractivity contribution in [1.29, 1.82) is 5.26 Å². The third-order valence-electron chi connectivity index (χ3n) is 7.29. The second-order valence-electron chi connectivity index (χ2n) is 9.53. The highest BCUT2D eigenvalue weighted by Gasteiger charge is 2.18. The molecule has 0 saturated carbocycles. The Morgan fingerprint density at radius 3 is 1.74 bits per heavy atom. The molecule has 1 aromatic heterocycles. The van der Waals surface area contributed by atoms with Crippen LogP contribution in [0.3, 0.4) is 0 Å². The normalized spacial score (nSPS) is 11.1. The topological polar surface area (TPSA) is 36.7 Å². The molecule has 0 aliphatic carbocycles. The van der Waals surface area contributed by atoms with Gasteiger partial charge in [-0.3, -0.25) is 4.98 Å². The SMILES string of the molecule is N#Cc1ccnc(-c2cccc(-c3c4ccccc4c(-c4ccccc4)c4cc5ccccc5cc34)c2)c1. The van der Waals surface area contributed by atoms with E-state index in [9.17, 15) is 5.26 Å². The minimum atomic E-state index is 0.606. The molecule has 0 radical (unpaired) electrons. The zero-order valence-electron chi connectivity index (χ0n) is 20.6. The first-order chi connectivity index (χ1) is 18.8. The summed E-state index contributed by atoms with van der Waals surface area (Å²) in [6.07, 6.45) is 1.70. The number of hydrogen-bond donors (Lipinski definition) is 0. The van der Waals surface area contributed by atoms with Crippen LogP contribution >= 0.6 is 0 Å². The maximum atomic E-state index is 9.41. The molecule has 38 heavy (non-hydrogen) atoms. The standard InChI is InChI=1S/C36H22N2/c37-23-24-17-18-38-34(19-24)28-13-8-14-29(20-28)36-31-16-7-6-15-30(31)35(25-9-2-1-3-10-25)32-21-26-11-4-5-12-27(26)22-33(32)36/h1-22H. The first-order valence-corrected chi connectivity index (χ1v) is 12.7. The molecule has 0 atom stereocenters. The van der Waals surface area contributed by atoms with Gasteiger partial charge >= 0.3 is 0 Å². The first-order valence-electron chi connectivity index (χ1n) is 12.7. The summed E-state index contributed by atoms with van der Waals surface area (Å²) >= 11 is 0. The van der Waals surface area contributed by atoms with Crippen molar-refractivity contribution in [2.45, 2.75) is 0 Å². The van der Waals surface area contributed by atoms with Crippen molar-refractivity contribution in [2.24, 2.45) is 0 Å². The summed E-state index contributed by atoms with van der Waals surface area (Å²) in [6, 6.07) is 47.0. The molecule has 0 aliphatic heterocycles. The van der Waals surface area contributed by atoms with Gasteiger partial charge in [0, 0.05) is 11.8 Å². The Morgan fingerprint density at radius 1 is 0.474 bits per heavy atom. The highest BCUT2D eigenvalue weighted by molar-refractivity contribution is 6.23. The number of nitrogens with zero attached hydrogens (tertiary/aromatic N) is 2. The van der Waals surface area contributed by atoms with E-state index >= 15 is 0 Å². The molecular weight excluding hydrogens is 460 g/mol. The number of aromatic nitrogens is 1. The summed E-state index contributed by atoms with van der Waals surface area (Å²) < 4.78 is 0. The fourth-order valence-corrected chi connectivity index (χ4v) is 5.58. The van der Waals surface area contributed by atoms with E-state index in [0.717, 1.165) is 16.8 Å². The van der Waals surface area contributed by atoms with E-state index in [1.807, 2.05) is 6.07 Å². The highest BCUT2D eigenvalue weighted by Crippen LogP contribution is 2.45. The number of pyridine rings is 1. The lowest BCUT2D eigenvalue weighted by Gasteiger charge is -2.19. The highest BCUT2D eigenvalue weighted by atomic mass is 14.7. The Hall–Kier alpha value is -5.26. The first kappa shape index (κ1) is 22.0. The fraction of sp³-hybridized carbons (Fsp3) is 0.